The van der Waals surface area contributed by atoms with Crippen molar-refractivity contribution in [2.45, 2.75) is 51.4 Å². The molecule has 0 spiro atoms. The van der Waals surface area contributed by atoms with Gasteiger partial charge in [0.25, 0.3) is 0 Å². The number of ketones is 1. The Bertz CT molecular complexity index is 596. The van der Waals surface area contributed by atoms with Crippen LogP contribution in [0.4, 0.5) is 0 Å². The third kappa shape index (κ3) is 2.56. The van der Waals surface area contributed by atoms with E-state index in [0.717, 1.165) is 12.8 Å². The van der Waals surface area contributed by atoms with Gasteiger partial charge in [0.2, 0.25) is 0 Å². The zero-order chi connectivity index (χ0) is 15.0. The van der Waals surface area contributed by atoms with Gasteiger partial charge in [-0.2, -0.15) is 0 Å². The van der Waals surface area contributed by atoms with Crippen LogP contribution in [0.3, 0.4) is 0 Å². The molecule has 0 atom stereocenters. The molecule has 20 heavy (non-hydrogen) atoms. The first-order chi connectivity index (χ1) is 9.28. The Morgan fingerprint density at radius 1 is 1.20 bits per heavy atom. The number of carbonyl (C=O) groups excluding carboxylic acids is 1. The van der Waals surface area contributed by atoms with Crippen LogP contribution < -0.4 is 0 Å². The highest BCUT2D eigenvalue weighted by atomic mass is 16.1. The van der Waals surface area contributed by atoms with E-state index in [2.05, 4.69) is 43.8 Å². The number of rotatable bonds is 3. The van der Waals surface area contributed by atoms with E-state index in [4.69, 9.17) is 5.53 Å². The fourth-order valence-electron chi connectivity index (χ4n) is 2.95. The summed E-state index contributed by atoms with van der Waals surface area (Å²) in [6.07, 6.45) is 2.26. The Hall–Kier alpha value is -1.80. The summed E-state index contributed by atoms with van der Waals surface area (Å²) in [4.78, 5) is 14.6. The molecule has 1 aliphatic rings. The highest BCUT2D eigenvalue weighted by Crippen LogP contribution is 2.45. The minimum atomic E-state index is -0.121. The smallest absolute Gasteiger partial charge is 0.168 e. The molecule has 0 N–H and O–H groups in total. The highest BCUT2D eigenvalue weighted by Gasteiger charge is 2.37. The molecule has 1 aromatic rings. The lowest BCUT2D eigenvalue weighted by molar-refractivity contribution is 0.100. The zero-order valence-electron chi connectivity index (χ0n) is 12.6. The molecular weight excluding hydrogens is 250 g/mol. The molecule has 0 bridgehead atoms. The fraction of sp³-hybridized carbons (Fsp3) is 0.562. The van der Waals surface area contributed by atoms with Gasteiger partial charge in [0.05, 0.1) is 6.54 Å². The van der Waals surface area contributed by atoms with Crippen molar-refractivity contribution >= 4 is 5.78 Å². The molecule has 2 rings (SSSR count). The van der Waals surface area contributed by atoms with Gasteiger partial charge >= 0.3 is 0 Å². The molecule has 0 amide bonds. The van der Waals surface area contributed by atoms with Gasteiger partial charge in [0.1, 0.15) is 0 Å². The van der Waals surface area contributed by atoms with Gasteiger partial charge < -0.3 is 0 Å². The molecule has 0 radical (unpaired) electrons. The standard InChI is InChI=1S/C16H21N3O/c1-15(2)7-8-16(3,4)13-9-11(5-6-12(13)15)14(20)10-18-19-17/h5-6,9H,7-8,10H2,1-4H3. The summed E-state index contributed by atoms with van der Waals surface area (Å²) in [6, 6.07) is 5.92. The second kappa shape index (κ2) is 4.95. The van der Waals surface area contributed by atoms with Crippen LogP contribution >= 0.6 is 0 Å². The van der Waals surface area contributed by atoms with Crippen molar-refractivity contribution in [3.8, 4) is 0 Å². The van der Waals surface area contributed by atoms with E-state index < -0.39 is 0 Å². The lowest BCUT2D eigenvalue weighted by Crippen LogP contribution is -2.34. The van der Waals surface area contributed by atoms with E-state index in [1.54, 1.807) is 0 Å². The minimum absolute atomic E-state index is 0.0830. The largest absolute Gasteiger partial charge is 0.294 e. The summed E-state index contributed by atoms with van der Waals surface area (Å²) in [7, 11) is 0. The SMILES string of the molecule is CC1(C)CCC(C)(C)c2cc(C(=O)CN=[N+]=[N-])ccc21. The Labute approximate surface area is 119 Å². The Balaban J connectivity index is 2.48. The van der Waals surface area contributed by atoms with Gasteiger partial charge in [-0.1, -0.05) is 44.9 Å². The van der Waals surface area contributed by atoms with Crippen LogP contribution in [0, 0.1) is 0 Å². The summed E-state index contributed by atoms with van der Waals surface area (Å²) in [5, 5.41) is 3.36. The molecule has 106 valence electrons. The quantitative estimate of drug-likeness (QED) is 0.345. The predicted molar refractivity (Wildman–Crippen MR) is 80.1 cm³/mol. The molecular formula is C16H21N3O. The molecule has 0 saturated carbocycles. The number of nitrogens with zero attached hydrogens (tertiary/aromatic N) is 3. The second-order valence-corrected chi connectivity index (χ2v) is 6.84. The van der Waals surface area contributed by atoms with Crippen LogP contribution in [0.15, 0.2) is 23.3 Å². The second-order valence-electron chi connectivity index (χ2n) is 6.84. The molecule has 0 heterocycles. The van der Waals surface area contributed by atoms with Crippen LogP contribution in [0.1, 0.15) is 62.0 Å². The predicted octanol–water partition coefficient (Wildman–Crippen LogP) is 4.53. The molecule has 0 fully saturated rings. The van der Waals surface area contributed by atoms with Gasteiger partial charge in [0.15, 0.2) is 5.78 Å². The molecule has 0 aromatic heterocycles. The lowest BCUT2D eigenvalue weighted by Gasteiger charge is -2.42. The third-order valence-corrected chi connectivity index (χ3v) is 4.45. The van der Waals surface area contributed by atoms with Crippen molar-refractivity contribution in [1.29, 1.82) is 0 Å². The van der Waals surface area contributed by atoms with Crippen molar-refractivity contribution in [3.63, 3.8) is 0 Å². The average molecular weight is 271 g/mol. The molecule has 0 unspecified atom stereocenters. The minimum Gasteiger partial charge on any atom is -0.294 e. The molecule has 1 aliphatic carbocycles. The highest BCUT2D eigenvalue weighted by molar-refractivity contribution is 5.98. The summed E-state index contributed by atoms with van der Waals surface area (Å²) in [6.45, 7) is 8.84. The van der Waals surface area contributed by atoms with Gasteiger partial charge in [-0.05, 0) is 46.4 Å². The number of fused-ring (bicyclic) bond motifs is 1. The first kappa shape index (κ1) is 14.6. The Morgan fingerprint density at radius 3 is 2.40 bits per heavy atom. The lowest BCUT2D eigenvalue weighted by atomic mass is 9.63. The summed E-state index contributed by atoms with van der Waals surface area (Å²) in [5.41, 5.74) is 11.8. The van der Waals surface area contributed by atoms with Crippen molar-refractivity contribution in [3.05, 3.63) is 45.3 Å². The Morgan fingerprint density at radius 2 is 1.80 bits per heavy atom. The Kier molecular flexibility index (Phi) is 3.61. The summed E-state index contributed by atoms with van der Waals surface area (Å²) < 4.78 is 0. The average Bonchev–Trinajstić information content (AvgIpc) is 2.41. The first-order valence-electron chi connectivity index (χ1n) is 6.97. The topological polar surface area (TPSA) is 65.8 Å². The number of benzene rings is 1. The fourth-order valence-corrected chi connectivity index (χ4v) is 2.95. The molecule has 0 aliphatic heterocycles. The molecule has 4 nitrogen and oxygen atoms in total. The van der Waals surface area contributed by atoms with Crippen LogP contribution in [-0.4, -0.2) is 12.3 Å². The van der Waals surface area contributed by atoms with Crippen LogP contribution in [0.5, 0.6) is 0 Å². The van der Waals surface area contributed by atoms with Crippen LogP contribution in [-0.2, 0) is 10.8 Å². The van der Waals surface area contributed by atoms with E-state index in [0.29, 0.717) is 5.56 Å². The van der Waals surface area contributed by atoms with Crippen molar-refractivity contribution in [2.24, 2.45) is 5.11 Å². The van der Waals surface area contributed by atoms with Crippen LogP contribution in [0.2, 0.25) is 0 Å². The number of hydrogen-bond acceptors (Lipinski definition) is 2. The van der Waals surface area contributed by atoms with Crippen molar-refractivity contribution in [2.75, 3.05) is 6.54 Å². The van der Waals surface area contributed by atoms with Crippen molar-refractivity contribution in [1.82, 2.24) is 0 Å². The molecule has 4 heteroatoms. The van der Waals surface area contributed by atoms with E-state index in [-0.39, 0.29) is 23.2 Å². The van der Waals surface area contributed by atoms with E-state index in [1.807, 2.05) is 12.1 Å². The maximum atomic E-state index is 12.0. The van der Waals surface area contributed by atoms with Gasteiger partial charge in [-0.25, -0.2) is 0 Å². The van der Waals surface area contributed by atoms with Crippen molar-refractivity contribution < 1.29 is 4.79 Å². The summed E-state index contributed by atoms with van der Waals surface area (Å²) >= 11 is 0. The van der Waals surface area contributed by atoms with E-state index >= 15 is 0 Å². The maximum Gasteiger partial charge on any atom is 0.168 e. The normalized spacial score (nSPS) is 18.8. The van der Waals surface area contributed by atoms with Gasteiger partial charge in [-0.3, -0.25) is 4.79 Å². The number of Topliss-reactive ketones (excluding diaryl/α,β-unsaturated/α-hetero) is 1. The maximum absolute atomic E-state index is 12.0. The van der Waals surface area contributed by atoms with E-state index in [1.165, 1.54) is 11.1 Å². The zero-order valence-corrected chi connectivity index (χ0v) is 12.6. The molecule has 0 saturated heterocycles. The third-order valence-electron chi connectivity index (χ3n) is 4.45. The van der Waals surface area contributed by atoms with Gasteiger partial charge in [-0.15, -0.1) is 0 Å². The monoisotopic (exact) mass is 271 g/mol. The van der Waals surface area contributed by atoms with Crippen LogP contribution in [0.25, 0.3) is 10.4 Å². The number of hydrogen-bond donors (Lipinski definition) is 0. The van der Waals surface area contributed by atoms with E-state index in [9.17, 15) is 4.79 Å². The van der Waals surface area contributed by atoms with Gasteiger partial charge in [0, 0.05) is 10.5 Å². The number of carbonyl (C=O) groups is 1. The first-order valence-corrected chi connectivity index (χ1v) is 6.97. The number of azide groups is 1. The molecule has 1 aromatic carbocycles. The summed E-state index contributed by atoms with van der Waals surface area (Å²) in [5.74, 6) is -0.121.